The number of hydrogen-bond acceptors (Lipinski definition) is 5. The van der Waals surface area contributed by atoms with Gasteiger partial charge in [-0.05, 0) is 55.4 Å². The van der Waals surface area contributed by atoms with Crippen LogP contribution in [-0.2, 0) is 0 Å². The Labute approximate surface area is 178 Å². The standard InChI is InChI=1S/C23H27NO4.ClH/c1-4-24(5-2)12-7-13-27-19-10-11-20-21(16-19)28-22(23(20)25)15-17-8-6-9-18(14-17)26-3;/h6,8-11,14-16H,4-5,7,12-13H2,1-3H3;1H/b22-15-;. The third-order valence-electron chi connectivity index (χ3n) is 4.81. The van der Waals surface area contributed by atoms with Crippen LogP contribution in [0.1, 0.15) is 36.2 Å². The Morgan fingerprint density at radius 2 is 1.86 bits per heavy atom. The Hall–Kier alpha value is -2.50. The highest BCUT2D eigenvalue weighted by Gasteiger charge is 2.27. The van der Waals surface area contributed by atoms with Crippen molar-refractivity contribution in [2.45, 2.75) is 20.3 Å². The van der Waals surface area contributed by atoms with E-state index in [-0.39, 0.29) is 18.2 Å². The normalized spacial score (nSPS) is 13.8. The van der Waals surface area contributed by atoms with E-state index in [0.717, 1.165) is 37.4 Å². The molecule has 0 bridgehead atoms. The summed E-state index contributed by atoms with van der Waals surface area (Å²) in [5.74, 6) is 2.18. The molecule has 0 aliphatic carbocycles. The molecule has 0 aromatic heterocycles. The SMILES string of the molecule is CCN(CC)CCCOc1ccc2c(c1)O/C(=C\c1cccc(OC)c1)C2=O.Cl. The Morgan fingerprint density at radius 3 is 2.59 bits per heavy atom. The molecule has 0 N–H and O–H groups in total. The Kier molecular flexibility index (Phi) is 8.55. The maximum absolute atomic E-state index is 12.6. The maximum atomic E-state index is 12.6. The van der Waals surface area contributed by atoms with E-state index in [1.54, 1.807) is 25.3 Å². The molecule has 0 spiro atoms. The number of benzene rings is 2. The third kappa shape index (κ3) is 5.75. The van der Waals surface area contributed by atoms with Crippen molar-refractivity contribution < 1.29 is 19.0 Å². The molecule has 0 atom stereocenters. The number of rotatable bonds is 9. The number of allylic oxidation sites excluding steroid dienone is 1. The molecule has 156 valence electrons. The lowest BCUT2D eigenvalue weighted by Crippen LogP contribution is -2.25. The van der Waals surface area contributed by atoms with Crippen molar-refractivity contribution in [1.29, 1.82) is 0 Å². The van der Waals surface area contributed by atoms with Gasteiger partial charge in [-0.2, -0.15) is 0 Å². The van der Waals surface area contributed by atoms with Crippen LogP contribution in [0.3, 0.4) is 0 Å². The van der Waals surface area contributed by atoms with Gasteiger partial charge in [0.15, 0.2) is 5.76 Å². The van der Waals surface area contributed by atoms with E-state index in [1.807, 2.05) is 30.3 Å². The van der Waals surface area contributed by atoms with Crippen LogP contribution in [0.4, 0.5) is 0 Å². The van der Waals surface area contributed by atoms with E-state index in [1.165, 1.54) is 0 Å². The second-order valence-electron chi connectivity index (χ2n) is 6.60. The smallest absolute Gasteiger partial charge is 0.231 e. The highest BCUT2D eigenvalue weighted by Crippen LogP contribution is 2.35. The molecule has 2 aromatic rings. The van der Waals surface area contributed by atoms with Gasteiger partial charge in [-0.1, -0.05) is 26.0 Å². The summed E-state index contributed by atoms with van der Waals surface area (Å²) >= 11 is 0. The van der Waals surface area contributed by atoms with Crippen LogP contribution < -0.4 is 14.2 Å². The van der Waals surface area contributed by atoms with Crippen LogP contribution in [0.25, 0.3) is 6.08 Å². The predicted molar refractivity (Wildman–Crippen MR) is 118 cm³/mol. The minimum Gasteiger partial charge on any atom is -0.497 e. The molecule has 0 saturated carbocycles. The van der Waals surface area contributed by atoms with Crippen molar-refractivity contribution in [3.05, 3.63) is 59.4 Å². The van der Waals surface area contributed by atoms with E-state index in [9.17, 15) is 4.79 Å². The fraction of sp³-hybridized carbons (Fsp3) is 0.348. The van der Waals surface area contributed by atoms with Crippen molar-refractivity contribution in [3.8, 4) is 17.2 Å². The number of nitrogens with zero attached hydrogens (tertiary/aromatic N) is 1. The average molecular weight is 418 g/mol. The molecule has 29 heavy (non-hydrogen) atoms. The Morgan fingerprint density at radius 1 is 1.07 bits per heavy atom. The lowest BCUT2D eigenvalue weighted by Gasteiger charge is -2.17. The fourth-order valence-electron chi connectivity index (χ4n) is 3.16. The zero-order valence-corrected chi connectivity index (χ0v) is 18.0. The molecule has 0 unspecified atom stereocenters. The van der Waals surface area contributed by atoms with Gasteiger partial charge >= 0.3 is 0 Å². The van der Waals surface area contributed by atoms with Gasteiger partial charge in [-0.3, -0.25) is 4.79 Å². The molecule has 3 rings (SSSR count). The fourth-order valence-corrected chi connectivity index (χ4v) is 3.16. The van der Waals surface area contributed by atoms with Crippen molar-refractivity contribution in [2.24, 2.45) is 0 Å². The summed E-state index contributed by atoms with van der Waals surface area (Å²) < 4.78 is 16.9. The lowest BCUT2D eigenvalue weighted by molar-refractivity contribution is 0.101. The van der Waals surface area contributed by atoms with Crippen molar-refractivity contribution in [1.82, 2.24) is 4.90 Å². The Balaban J connectivity index is 0.00000300. The van der Waals surface area contributed by atoms with Gasteiger partial charge in [0, 0.05) is 12.6 Å². The number of carbonyl (C=O) groups is 1. The van der Waals surface area contributed by atoms with Gasteiger partial charge in [0.05, 0.1) is 19.3 Å². The van der Waals surface area contributed by atoms with Crippen LogP contribution in [0, 0.1) is 0 Å². The molecule has 1 aliphatic rings. The van der Waals surface area contributed by atoms with E-state index in [4.69, 9.17) is 14.2 Å². The first-order chi connectivity index (χ1) is 13.6. The number of carbonyl (C=O) groups excluding carboxylic acids is 1. The van der Waals surface area contributed by atoms with Gasteiger partial charge in [0.1, 0.15) is 17.2 Å². The van der Waals surface area contributed by atoms with Crippen LogP contribution in [0.5, 0.6) is 17.2 Å². The highest BCUT2D eigenvalue weighted by molar-refractivity contribution is 6.14. The number of methoxy groups -OCH3 is 1. The van der Waals surface area contributed by atoms with E-state index in [2.05, 4.69) is 18.7 Å². The zero-order valence-electron chi connectivity index (χ0n) is 17.1. The van der Waals surface area contributed by atoms with Gasteiger partial charge in [0.2, 0.25) is 5.78 Å². The molecule has 0 fully saturated rings. The molecular weight excluding hydrogens is 390 g/mol. The largest absolute Gasteiger partial charge is 0.497 e. The second-order valence-corrected chi connectivity index (χ2v) is 6.60. The summed E-state index contributed by atoms with van der Waals surface area (Å²) in [6.07, 6.45) is 2.69. The van der Waals surface area contributed by atoms with Crippen LogP contribution in [0.15, 0.2) is 48.2 Å². The molecule has 0 radical (unpaired) electrons. The average Bonchev–Trinajstić information content (AvgIpc) is 3.03. The molecule has 1 heterocycles. The monoisotopic (exact) mass is 417 g/mol. The number of halogens is 1. The molecule has 6 heteroatoms. The minimum absolute atomic E-state index is 0. The molecular formula is C23H28ClNO4. The predicted octanol–water partition coefficient (Wildman–Crippen LogP) is 4.84. The number of ether oxygens (including phenoxy) is 3. The maximum Gasteiger partial charge on any atom is 0.231 e. The number of fused-ring (bicyclic) bond motifs is 1. The number of ketones is 1. The topological polar surface area (TPSA) is 48.0 Å². The summed E-state index contributed by atoms with van der Waals surface area (Å²) in [5.41, 5.74) is 1.41. The Bertz CT molecular complexity index is 862. The van der Waals surface area contributed by atoms with Crippen LogP contribution in [-0.4, -0.2) is 44.0 Å². The number of hydrogen-bond donors (Lipinski definition) is 0. The van der Waals surface area contributed by atoms with Gasteiger partial charge in [-0.15, -0.1) is 12.4 Å². The summed E-state index contributed by atoms with van der Waals surface area (Å²) in [4.78, 5) is 15.0. The minimum atomic E-state index is -0.120. The van der Waals surface area contributed by atoms with Gasteiger partial charge < -0.3 is 19.1 Å². The zero-order chi connectivity index (χ0) is 19.9. The molecule has 5 nitrogen and oxygen atoms in total. The number of Topliss-reactive ketones (excluding diaryl/α,β-unsaturated/α-hetero) is 1. The highest BCUT2D eigenvalue weighted by atomic mass is 35.5. The lowest BCUT2D eigenvalue weighted by atomic mass is 10.1. The first-order valence-electron chi connectivity index (χ1n) is 9.72. The first-order valence-corrected chi connectivity index (χ1v) is 9.72. The quantitative estimate of drug-likeness (QED) is 0.431. The van der Waals surface area contributed by atoms with E-state index >= 15 is 0 Å². The van der Waals surface area contributed by atoms with Crippen LogP contribution in [0.2, 0.25) is 0 Å². The van der Waals surface area contributed by atoms with Crippen molar-refractivity contribution in [3.63, 3.8) is 0 Å². The summed E-state index contributed by atoms with van der Waals surface area (Å²) in [5, 5.41) is 0. The molecule has 0 saturated heterocycles. The molecule has 0 amide bonds. The second kappa shape index (κ2) is 10.9. The van der Waals surface area contributed by atoms with Gasteiger partial charge in [-0.25, -0.2) is 0 Å². The van der Waals surface area contributed by atoms with Crippen molar-refractivity contribution >= 4 is 24.3 Å². The van der Waals surface area contributed by atoms with E-state index in [0.29, 0.717) is 29.4 Å². The summed E-state index contributed by atoms with van der Waals surface area (Å²) in [6.45, 7) is 8.07. The summed E-state index contributed by atoms with van der Waals surface area (Å²) in [7, 11) is 1.61. The summed E-state index contributed by atoms with van der Waals surface area (Å²) in [6, 6.07) is 12.9. The third-order valence-corrected chi connectivity index (χ3v) is 4.81. The van der Waals surface area contributed by atoms with Crippen LogP contribution >= 0.6 is 12.4 Å². The van der Waals surface area contributed by atoms with E-state index < -0.39 is 0 Å². The first kappa shape index (κ1) is 22.8. The van der Waals surface area contributed by atoms with Gasteiger partial charge in [0.25, 0.3) is 0 Å². The molecule has 1 aliphatic heterocycles. The van der Waals surface area contributed by atoms with Crippen molar-refractivity contribution in [2.75, 3.05) is 33.4 Å². The molecule has 2 aromatic carbocycles.